The van der Waals surface area contributed by atoms with E-state index in [4.69, 9.17) is 4.74 Å². The molecule has 0 saturated carbocycles. The fourth-order valence-corrected chi connectivity index (χ4v) is 4.69. The molecule has 2 heterocycles. The summed E-state index contributed by atoms with van der Waals surface area (Å²) in [6.45, 7) is 4.63. The monoisotopic (exact) mass is 468 g/mol. The van der Waals surface area contributed by atoms with Crippen LogP contribution in [0.1, 0.15) is 64.4 Å². The Morgan fingerprint density at radius 3 is 2.68 bits per heavy atom. The van der Waals surface area contributed by atoms with Crippen molar-refractivity contribution in [2.45, 2.75) is 77.3 Å². The van der Waals surface area contributed by atoms with Gasteiger partial charge >= 0.3 is 0 Å². The molecule has 2 aliphatic heterocycles. The number of hydrogen-bond donors (Lipinski definition) is 1. The second-order valence-corrected chi connectivity index (χ2v) is 9.11. The summed E-state index contributed by atoms with van der Waals surface area (Å²) in [5, 5.41) is 2.89. The summed E-state index contributed by atoms with van der Waals surface area (Å²) in [6, 6.07) is 6.34. The van der Waals surface area contributed by atoms with Crippen LogP contribution in [0.3, 0.4) is 0 Å². The Bertz CT molecular complexity index is 925. The third kappa shape index (κ3) is 6.78. The summed E-state index contributed by atoms with van der Waals surface area (Å²) in [4.78, 5) is 53.4. The van der Waals surface area contributed by atoms with Crippen LogP contribution < -0.4 is 10.1 Å². The van der Waals surface area contributed by atoms with E-state index >= 15 is 0 Å². The first-order chi connectivity index (χ1) is 16.4. The van der Waals surface area contributed by atoms with E-state index in [1.165, 1.54) is 0 Å². The zero-order valence-electron chi connectivity index (χ0n) is 20.3. The fraction of sp³-hybridized carbons (Fsp3) is 0.556. The van der Waals surface area contributed by atoms with Gasteiger partial charge < -0.3 is 15.0 Å². The third-order valence-corrected chi connectivity index (χ3v) is 6.58. The minimum atomic E-state index is -0.629. The van der Waals surface area contributed by atoms with Crippen molar-refractivity contribution in [2.24, 2.45) is 5.92 Å². The van der Waals surface area contributed by atoms with Gasteiger partial charge in [-0.05, 0) is 37.0 Å². The first kappa shape index (κ1) is 25.7. The number of nitrogens with zero attached hydrogens (tertiary/aromatic N) is 1. The Balaban J connectivity index is 1.93. The first-order valence-corrected chi connectivity index (χ1v) is 12.4. The third-order valence-electron chi connectivity index (χ3n) is 6.58. The highest BCUT2D eigenvalue weighted by Crippen LogP contribution is 2.24. The quantitative estimate of drug-likeness (QED) is 0.669. The highest BCUT2D eigenvalue weighted by Gasteiger charge is 2.35. The standard InChI is InChI=1S/C27H36N2O5/c1-3-9-20-18-25(31)23(29-14-8-13-26(29)32)17-19-10-7-11-21(16-19)34-15-6-5-12-22(24(30)4-2)28-27(20)33/h5-7,10-11,16,20,22-23H,3-4,8-9,12-15,17-18H2,1-2H3,(H,28,33)/b6-5+/t20-,22+,23+/m1/s1. The predicted octanol–water partition coefficient (Wildman–Crippen LogP) is 3.40. The van der Waals surface area contributed by atoms with E-state index in [0.717, 1.165) is 18.4 Å². The van der Waals surface area contributed by atoms with E-state index in [1.807, 2.05) is 43.3 Å². The maximum Gasteiger partial charge on any atom is 0.224 e. The summed E-state index contributed by atoms with van der Waals surface area (Å²) < 4.78 is 5.82. The van der Waals surface area contributed by atoms with Crippen molar-refractivity contribution in [3.63, 3.8) is 0 Å². The van der Waals surface area contributed by atoms with Crippen molar-refractivity contribution in [3.8, 4) is 5.75 Å². The number of likely N-dealkylation sites (tertiary alicyclic amines) is 1. The Labute approximate surface area is 201 Å². The summed E-state index contributed by atoms with van der Waals surface area (Å²) in [5.74, 6) is -0.291. The second kappa shape index (κ2) is 12.5. The van der Waals surface area contributed by atoms with Crippen molar-refractivity contribution in [1.29, 1.82) is 0 Å². The molecular formula is C27H36N2O5. The summed E-state index contributed by atoms with van der Waals surface area (Å²) in [7, 11) is 0. The molecule has 0 unspecified atom stereocenters. The van der Waals surface area contributed by atoms with Crippen molar-refractivity contribution < 1.29 is 23.9 Å². The van der Waals surface area contributed by atoms with Crippen LogP contribution >= 0.6 is 0 Å². The van der Waals surface area contributed by atoms with Crippen molar-refractivity contribution in [2.75, 3.05) is 13.2 Å². The minimum Gasteiger partial charge on any atom is -0.490 e. The van der Waals surface area contributed by atoms with Gasteiger partial charge in [-0.3, -0.25) is 19.2 Å². The van der Waals surface area contributed by atoms with Crippen LogP contribution in [0.15, 0.2) is 36.4 Å². The molecule has 3 rings (SSSR count). The van der Waals surface area contributed by atoms with Crippen molar-refractivity contribution >= 4 is 23.4 Å². The van der Waals surface area contributed by atoms with E-state index in [2.05, 4.69) is 5.32 Å². The molecule has 0 aliphatic carbocycles. The lowest BCUT2D eigenvalue weighted by Gasteiger charge is -2.29. The zero-order chi connectivity index (χ0) is 24.5. The van der Waals surface area contributed by atoms with Crippen LogP contribution in [0.2, 0.25) is 0 Å². The molecule has 2 bridgehead atoms. The SMILES string of the molecule is CCC[C@@H]1CC(=O)[C@@H](N2CCCC2=O)Cc2cccc(c2)OC/C=C/C[C@@H](C(=O)CC)NC1=O. The van der Waals surface area contributed by atoms with Crippen molar-refractivity contribution in [3.05, 3.63) is 42.0 Å². The number of rotatable bonds is 5. The Hall–Kier alpha value is -2.96. The summed E-state index contributed by atoms with van der Waals surface area (Å²) in [6.07, 6.45) is 7.29. The number of Topliss-reactive ketones (excluding diaryl/α,β-unsaturated/α-hetero) is 2. The van der Waals surface area contributed by atoms with Crippen LogP contribution in [-0.2, 0) is 25.6 Å². The lowest BCUT2D eigenvalue weighted by atomic mass is 9.90. The second-order valence-electron chi connectivity index (χ2n) is 9.11. The predicted molar refractivity (Wildman–Crippen MR) is 129 cm³/mol. The number of amides is 2. The average molecular weight is 469 g/mol. The zero-order valence-corrected chi connectivity index (χ0v) is 20.3. The minimum absolute atomic E-state index is 0.0182. The van der Waals surface area contributed by atoms with Crippen LogP contribution in [0.4, 0.5) is 0 Å². The molecule has 34 heavy (non-hydrogen) atoms. The number of ether oxygens (including phenoxy) is 1. The molecule has 184 valence electrons. The van der Waals surface area contributed by atoms with Gasteiger partial charge in [0.2, 0.25) is 11.8 Å². The van der Waals surface area contributed by atoms with Gasteiger partial charge in [0.05, 0.1) is 12.1 Å². The molecule has 1 N–H and O–H groups in total. The van der Waals surface area contributed by atoms with E-state index in [-0.39, 0.29) is 29.8 Å². The van der Waals surface area contributed by atoms with Crippen LogP contribution in [-0.4, -0.2) is 53.5 Å². The van der Waals surface area contributed by atoms with Gasteiger partial charge in [0.25, 0.3) is 0 Å². The molecule has 2 aliphatic rings. The number of carbonyl (C=O) groups excluding carboxylic acids is 4. The van der Waals surface area contributed by atoms with E-state index < -0.39 is 18.0 Å². The molecule has 7 heteroatoms. The molecule has 7 nitrogen and oxygen atoms in total. The molecular weight excluding hydrogens is 432 g/mol. The van der Waals surface area contributed by atoms with Crippen LogP contribution in [0.5, 0.6) is 5.75 Å². The fourth-order valence-electron chi connectivity index (χ4n) is 4.69. The number of ketones is 2. The van der Waals surface area contributed by atoms with Gasteiger partial charge in [-0.25, -0.2) is 0 Å². The summed E-state index contributed by atoms with van der Waals surface area (Å²) in [5.41, 5.74) is 0.914. The Kier molecular flexibility index (Phi) is 9.42. The van der Waals surface area contributed by atoms with Gasteiger partial charge in [0, 0.05) is 38.1 Å². The maximum atomic E-state index is 13.6. The number of carbonyl (C=O) groups is 4. The highest BCUT2D eigenvalue weighted by atomic mass is 16.5. The van der Waals surface area contributed by atoms with Gasteiger partial charge in [-0.1, -0.05) is 44.6 Å². The van der Waals surface area contributed by atoms with Crippen LogP contribution in [0, 0.1) is 5.92 Å². The van der Waals surface area contributed by atoms with Crippen molar-refractivity contribution in [1.82, 2.24) is 10.2 Å². The molecule has 0 spiro atoms. The van der Waals surface area contributed by atoms with Gasteiger partial charge in [-0.2, -0.15) is 0 Å². The molecule has 0 radical (unpaired) electrons. The van der Waals surface area contributed by atoms with E-state index in [9.17, 15) is 19.2 Å². The van der Waals surface area contributed by atoms with Gasteiger partial charge in [-0.15, -0.1) is 0 Å². The number of hydrogen-bond acceptors (Lipinski definition) is 5. The van der Waals surface area contributed by atoms with E-state index in [0.29, 0.717) is 51.0 Å². The highest BCUT2D eigenvalue weighted by molar-refractivity contribution is 5.94. The number of benzene rings is 1. The van der Waals surface area contributed by atoms with Crippen LogP contribution in [0.25, 0.3) is 0 Å². The summed E-state index contributed by atoms with van der Waals surface area (Å²) >= 11 is 0. The average Bonchev–Trinajstić information content (AvgIpc) is 3.25. The normalized spacial score (nSPS) is 25.5. The lowest BCUT2D eigenvalue weighted by molar-refractivity contribution is -0.138. The van der Waals surface area contributed by atoms with E-state index in [1.54, 1.807) is 11.8 Å². The molecule has 3 atom stereocenters. The molecule has 1 aromatic carbocycles. The van der Waals surface area contributed by atoms with Gasteiger partial charge in [0.15, 0.2) is 11.6 Å². The maximum absolute atomic E-state index is 13.6. The topological polar surface area (TPSA) is 92.8 Å². The van der Waals surface area contributed by atoms with Gasteiger partial charge in [0.1, 0.15) is 12.4 Å². The largest absolute Gasteiger partial charge is 0.490 e. The molecule has 1 fully saturated rings. The molecule has 1 saturated heterocycles. The Morgan fingerprint density at radius 2 is 1.97 bits per heavy atom. The first-order valence-electron chi connectivity index (χ1n) is 12.4. The molecule has 0 aromatic heterocycles. The number of fused-ring (bicyclic) bond motifs is 2. The molecule has 2 amide bonds. The smallest absolute Gasteiger partial charge is 0.224 e. The number of nitrogens with one attached hydrogen (secondary N) is 1. The molecule has 1 aromatic rings. The lowest BCUT2D eigenvalue weighted by Crippen LogP contribution is -2.47. The Morgan fingerprint density at radius 1 is 1.15 bits per heavy atom.